The Morgan fingerprint density at radius 1 is 1.38 bits per heavy atom. The highest BCUT2D eigenvalue weighted by Gasteiger charge is 2.29. The van der Waals surface area contributed by atoms with Crippen molar-refractivity contribution in [3.05, 3.63) is 28.5 Å². The van der Waals surface area contributed by atoms with Crippen LogP contribution in [0.2, 0.25) is 0 Å². The van der Waals surface area contributed by atoms with Crippen molar-refractivity contribution in [2.75, 3.05) is 18.4 Å². The van der Waals surface area contributed by atoms with Gasteiger partial charge in [-0.1, -0.05) is 29.8 Å². The first-order valence-electron chi connectivity index (χ1n) is 7.36. The summed E-state index contributed by atoms with van der Waals surface area (Å²) in [5.74, 6) is 0.602. The molecule has 1 heterocycles. The molecular weight excluding hydrogens is 335 g/mol. The maximum Gasteiger partial charge on any atom is 0.241 e. The minimum Gasteiger partial charge on any atom is -0.322 e. The number of benzene rings is 1. The molecule has 3 atom stereocenters. The number of nitrogens with zero attached hydrogens (tertiary/aromatic N) is 1. The van der Waals surface area contributed by atoms with Crippen LogP contribution in [0.5, 0.6) is 0 Å². The zero-order valence-corrected chi connectivity index (χ0v) is 14.3. The number of hydrogen-bond donors (Lipinski definition) is 1. The SMILES string of the molecule is C[C@@H]1C[C@@H](C)CN([C@@H](C)C(=O)Nc2ccc(Br)cc2F)C1. The average Bonchev–Trinajstić information content (AvgIpc) is 2.40. The first kappa shape index (κ1) is 16.4. The Hall–Kier alpha value is -0.940. The minimum atomic E-state index is -0.426. The van der Waals surface area contributed by atoms with Gasteiger partial charge >= 0.3 is 0 Å². The highest BCUT2D eigenvalue weighted by molar-refractivity contribution is 9.10. The van der Waals surface area contributed by atoms with Crippen molar-refractivity contribution < 1.29 is 9.18 Å². The van der Waals surface area contributed by atoms with Gasteiger partial charge in [-0.3, -0.25) is 9.69 Å². The summed E-state index contributed by atoms with van der Waals surface area (Å²) < 4.78 is 14.4. The van der Waals surface area contributed by atoms with E-state index in [0.29, 0.717) is 16.3 Å². The van der Waals surface area contributed by atoms with Gasteiger partial charge in [-0.15, -0.1) is 0 Å². The van der Waals surface area contributed by atoms with Gasteiger partial charge < -0.3 is 5.32 Å². The fraction of sp³-hybridized carbons (Fsp3) is 0.562. The molecule has 1 aromatic carbocycles. The van der Waals surface area contributed by atoms with Crippen molar-refractivity contribution in [3.63, 3.8) is 0 Å². The highest BCUT2D eigenvalue weighted by Crippen LogP contribution is 2.24. The Kier molecular flexibility index (Phi) is 5.38. The highest BCUT2D eigenvalue weighted by atomic mass is 79.9. The van der Waals surface area contributed by atoms with Crippen molar-refractivity contribution in [3.8, 4) is 0 Å². The summed E-state index contributed by atoms with van der Waals surface area (Å²) in [5, 5.41) is 2.69. The monoisotopic (exact) mass is 356 g/mol. The van der Waals surface area contributed by atoms with E-state index in [1.807, 2.05) is 6.92 Å². The summed E-state index contributed by atoms with van der Waals surface area (Å²) in [7, 11) is 0. The van der Waals surface area contributed by atoms with Gasteiger partial charge in [-0.2, -0.15) is 0 Å². The number of carbonyl (C=O) groups is 1. The fourth-order valence-corrected chi connectivity index (χ4v) is 3.35. The van der Waals surface area contributed by atoms with Crippen molar-refractivity contribution in [1.29, 1.82) is 0 Å². The molecule has 0 unspecified atom stereocenters. The van der Waals surface area contributed by atoms with Crippen LogP contribution in [0.4, 0.5) is 10.1 Å². The maximum absolute atomic E-state index is 13.8. The number of amides is 1. The lowest BCUT2D eigenvalue weighted by atomic mass is 9.91. The zero-order valence-electron chi connectivity index (χ0n) is 12.7. The third-order valence-electron chi connectivity index (χ3n) is 4.01. The van der Waals surface area contributed by atoms with Gasteiger partial charge in [-0.05, 0) is 43.4 Å². The van der Waals surface area contributed by atoms with E-state index in [4.69, 9.17) is 0 Å². The second-order valence-corrected chi connectivity index (χ2v) is 7.11. The van der Waals surface area contributed by atoms with Crippen molar-refractivity contribution in [2.45, 2.75) is 33.2 Å². The molecule has 1 fully saturated rings. The van der Waals surface area contributed by atoms with Crippen molar-refractivity contribution in [1.82, 2.24) is 4.90 Å². The number of halogens is 2. The van der Waals surface area contributed by atoms with Gasteiger partial charge in [0.1, 0.15) is 5.82 Å². The Morgan fingerprint density at radius 2 is 2.00 bits per heavy atom. The van der Waals surface area contributed by atoms with Gasteiger partial charge in [-0.25, -0.2) is 4.39 Å². The fourth-order valence-electron chi connectivity index (χ4n) is 3.02. The number of rotatable bonds is 3. The predicted molar refractivity (Wildman–Crippen MR) is 86.7 cm³/mol. The molecule has 116 valence electrons. The van der Waals surface area contributed by atoms with Crippen LogP contribution < -0.4 is 5.32 Å². The van der Waals surface area contributed by atoms with Crippen LogP contribution in [0.15, 0.2) is 22.7 Å². The summed E-state index contributed by atoms with van der Waals surface area (Å²) in [6.45, 7) is 8.14. The summed E-state index contributed by atoms with van der Waals surface area (Å²) in [6.07, 6.45) is 1.20. The lowest BCUT2D eigenvalue weighted by molar-refractivity contribution is -0.121. The van der Waals surface area contributed by atoms with E-state index in [1.165, 1.54) is 12.5 Å². The van der Waals surface area contributed by atoms with E-state index in [2.05, 4.69) is 40.0 Å². The second-order valence-electron chi connectivity index (χ2n) is 6.19. The van der Waals surface area contributed by atoms with Gasteiger partial charge in [0, 0.05) is 17.6 Å². The van der Waals surface area contributed by atoms with E-state index in [1.54, 1.807) is 12.1 Å². The first-order valence-corrected chi connectivity index (χ1v) is 8.16. The molecular formula is C16H22BrFN2O. The summed E-state index contributed by atoms with van der Waals surface area (Å²) in [4.78, 5) is 14.5. The summed E-state index contributed by atoms with van der Waals surface area (Å²) in [5.41, 5.74) is 0.230. The van der Waals surface area contributed by atoms with Gasteiger partial charge in [0.25, 0.3) is 0 Å². The third-order valence-corrected chi connectivity index (χ3v) is 4.51. The topological polar surface area (TPSA) is 32.3 Å². The molecule has 0 saturated carbocycles. The molecule has 1 amide bonds. The molecule has 1 aliphatic heterocycles. The Balaban J connectivity index is 2.02. The zero-order chi connectivity index (χ0) is 15.6. The second kappa shape index (κ2) is 6.88. The molecule has 1 saturated heterocycles. The van der Waals surface area contributed by atoms with E-state index in [0.717, 1.165) is 13.1 Å². The Morgan fingerprint density at radius 3 is 2.57 bits per heavy atom. The van der Waals surface area contributed by atoms with Gasteiger partial charge in [0.05, 0.1) is 11.7 Å². The molecule has 1 aromatic rings. The van der Waals surface area contributed by atoms with Gasteiger partial charge in [0.15, 0.2) is 0 Å². The Labute approximate surface area is 134 Å². The minimum absolute atomic E-state index is 0.155. The van der Waals surface area contributed by atoms with Crippen LogP contribution in [0, 0.1) is 17.7 Å². The molecule has 0 bridgehead atoms. The van der Waals surface area contributed by atoms with Gasteiger partial charge in [0.2, 0.25) is 5.91 Å². The molecule has 1 N–H and O–H groups in total. The van der Waals surface area contributed by atoms with Crippen molar-refractivity contribution in [2.24, 2.45) is 11.8 Å². The molecule has 0 spiro atoms. The lowest BCUT2D eigenvalue weighted by Gasteiger charge is -2.38. The van der Waals surface area contributed by atoms with Crippen LogP contribution in [0.3, 0.4) is 0 Å². The standard InChI is InChI=1S/C16H22BrFN2O/c1-10-6-11(2)9-20(8-10)12(3)16(21)19-15-5-4-13(17)7-14(15)18/h4-5,7,10-12H,6,8-9H2,1-3H3,(H,19,21)/t10-,11-,12+/m1/s1. The third kappa shape index (κ3) is 4.27. The molecule has 0 aromatic heterocycles. The van der Waals surface area contributed by atoms with E-state index < -0.39 is 5.82 Å². The number of anilines is 1. The smallest absolute Gasteiger partial charge is 0.241 e. The average molecular weight is 357 g/mol. The lowest BCUT2D eigenvalue weighted by Crippen LogP contribution is -2.48. The number of piperidine rings is 1. The first-order chi connectivity index (χ1) is 9.86. The molecule has 21 heavy (non-hydrogen) atoms. The van der Waals surface area contributed by atoms with E-state index >= 15 is 0 Å². The number of carbonyl (C=O) groups excluding carboxylic acids is 1. The number of hydrogen-bond acceptors (Lipinski definition) is 2. The molecule has 5 heteroatoms. The number of likely N-dealkylation sites (tertiary alicyclic amines) is 1. The Bertz CT molecular complexity index is 513. The number of nitrogens with one attached hydrogen (secondary N) is 1. The normalized spacial score (nSPS) is 24.6. The van der Waals surface area contributed by atoms with Crippen LogP contribution in [-0.4, -0.2) is 29.9 Å². The maximum atomic E-state index is 13.8. The van der Waals surface area contributed by atoms with Crippen molar-refractivity contribution >= 4 is 27.5 Å². The largest absolute Gasteiger partial charge is 0.322 e. The van der Waals surface area contributed by atoms with Crippen LogP contribution in [0.25, 0.3) is 0 Å². The predicted octanol–water partition coefficient (Wildman–Crippen LogP) is 3.89. The molecule has 0 radical (unpaired) electrons. The molecule has 1 aliphatic rings. The molecule has 3 nitrogen and oxygen atoms in total. The van der Waals surface area contributed by atoms with Crippen LogP contribution >= 0.6 is 15.9 Å². The van der Waals surface area contributed by atoms with Crippen LogP contribution in [-0.2, 0) is 4.79 Å². The molecule has 2 rings (SSSR count). The van der Waals surface area contributed by atoms with E-state index in [9.17, 15) is 9.18 Å². The van der Waals surface area contributed by atoms with E-state index in [-0.39, 0.29) is 17.6 Å². The van der Waals surface area contributed by atoms with Crippen LogP contribution in [0.1, 0.15) is 27.2 Å². The summed E-state index contributed by atoms with van der Waals surface area (Å²) >= 11 is 3.21. The summed E-state index contributed by atoms with van der Waals surface area (Å²) in [6, 6.07) is 4.39. The molecule has 0 aliphatic carbocycles. The quantitative estimate of drug-likeness (QED) is 0.890.